The van der Waals surface area contributed by atoms with E-state index in [1.807, 2.05) is 0 Å². The Labute approximate surface area is 184 Å². The largest absolute Gasteiger partial charge is 0.457 e. The Morgan fingerprint density at radius 3 is 2.50 bits per heavy atom. The Bertz CT molecular complexity index is 1380. The van der Waals surface area contributed by atoms with Gasteiger partial charge >= 0.3 is 0 Å². The van der Waals surface area contributed by atoms with Crippen LogP contribution in [0, 0.1) is 5.82 Å². The van der Waals surface area contributed by atoms with E-state index >= 15 is 0 Å². The van der Waals surface area contributed by atoms with Gasteiger partial charge < -0.3 is 14.6 Å². The standard InChI is InChI=1S/C23H20FN3O4S/c1-32(29,30)15-22-26-20-7-2-3-8-21(20)27(22)14-23(28)25-17-9-11-18(12-10-17)31-19-6-4-5-16(24)13-19/h2-13H,14-15H2,1H3,(H,25,28). The topological polar surface area (TPSA) is 90.3 Å². The van der Waals surface area contributed by atoms with E-state index in [9.17, 15) is 17.6 Å². The van der Waals surface area contributed by atoms with Gasteiger partial charge in [0.05, 0.1) is 11.0 Å². The van der Waals surface area contributed by atoms with Gasteiger partial charge in [0.25, 0.3) is 0 Å². The van der Waals surface area contributed by atoms with Crippen molar-refractivity contribution in [3.8, 4) is 11.5 Å². The SMILES string of the molecule is CS(=O)(=O)Cc1nc2ccccc2n1CC(=O)Nc1ccc(Oc2cccc(F)c2)cc1. The molecule has 0 saturated heterocycles. The van der Waals surface area contributed by atoms with Crippen LogP contribution in [0.3, 0.4) is 0 Å². The number of amides is 1. The maximum atomic E-state index is 13.3. The molecule has 4 aromatic rings. The molecule has 0 saturated carbocycles. The summed E-state index contributed by atoms with van der Waals surface area (Å²) in [5.74, 6) is 0.177. The molecule has 1 amide bonds. The molecule has 0 fully saturated rings. The molecule has 9 heteroatoms. The molecule has 0 aliphatic rings. The van der Waals surface area contributed by atoms with Crippen molar-refractivity contribution in [3.63, 3.8) is 0 Å². The summed E-state index contributed by atoms with van der Waals surface area (Å²) in [5, 5.41) is 2.78. The van der Waals surface area contributed by atoms with Crippen LogP contribution in [0.25, 0.3) is 11.0 Å². The Morgan fingerprint density at radius 1 is 1.03 bits per heavy atom. The van der Waals surface area contributed by atoms with Gasteiger partial charge in [-0.05, 0) is 48.5 Å². The van der Waals surface area contributed by atoms with Crippen LogP contribution in [-0.4, -0.2) is 30.1 Å². The predicted octanol–water partition coefficient (Wildman–Crippen LogP) is 4.15. The number of hydrogen-bond acceptors (Lipinski definition) is 5. The Kier molecular flexibility index (Phi) is 5.91. The Balaban J connectivity index is 1.48. The summed E-state index contributed by atoms with van der Waals surface area (Å²) in [4.78, 5) is 17.0. The first-order valence-corrected chi connectivity index (χ1v) is 11.8. The number of rotatable bonds is 7. The van der Waals surface area contributed by atoms with Gasteiger partial charge in [-0.2, -0.15) is 0 Å². The fourth-order valence-electron chi connectivity index (χ4n) is 3.26. The van der Waals surface area contributed by atoms with Crippen molar-refractivity contribution in [3.05, 3.63) is 84.4 Å². The molecule has 1 aromatic heterocycles. The number of halogens is 1. The highest BCUT2D eigenvalue weighted by Crippen LogP contribution is 2.24. The first kappa shape index (κ1) is 21.5. The third-order valence-corrected chi connectivity index (χ3v) is 5.38. The lowest BCUT2D eigenvalue weighted by molar-refractivity contribution is -0.116. The number of nitrogens with one attached hydrogen (secondary N) is 1. The molecular formula is C23H20FN3O4S. The number of sulfone groups is 1. The van der Waals surface area contributed by atoms with Crippen LogP contribution in [0.1, 0.15) is 5.82 Å². The molecule has 0 atom stereocenters. The van der Waals surface area contributed by atoms with Crippen LogP contribution in [0.5, 0.6) is 11.5 Å². The highest BCUT2D eigenvalue weighted by Gasteiger charge is 2.17. The van der Waals surface area contributed by atoms with Crippen molar-refractivity contribution in [2.24, 2.45) is 0 Å². The number of imidazole rings is 1. The van der Waals surface area contributed by atoms with Crippen molar-refractivity contribution in [1.82, 2.24) is 9.55 Å². The zero-order valence-corrected chi connectivity index (χ0v) is 18.0. The number of benzene rings is 3. The van der Waals surface area contributed by atoms with Crippen LogP contribution in [-0.2, 0) is 26.9 Å². The molecule has 4 rings (SSSR count). The van der Waals surface area contributed by atoms with E-state index in [4.69, 9.17) is 4.74 Å². The zero-order chi connectivity index (χ0) is 22.7. The molecule has 1 heterocycles. The van der Waals surface area contributed by atoms with Gasteiger partial charge in [-0.15, -0.1) is 0 Å². The normalized spacial score (nSPS) is 11.4. The van der Waals surface area contributed by atoms with E-state index in [0.717, 1.165) is 6.26 Å². The predicted molar refractivity (Wildman–Crippen MR) is 120 cm³/mol. The third-order valence-electron chi connectivity index (χ3n) is 4.60. The minimum Gasteiger partial charge on any atom is -0.457 e. The van der Waals surface area contributed by atoms with Crippen LogP contribution in [0.15, 0.2) is 72.8 Å². The van der Waals surface area contributed by atoms with Gasteiger partial charge in [-0.25, -0.2) is 17.8 Å². The van der Waals surface area contributed by atoms with Gasteiger partial charge in [0, 0.05) is 18.0 Å². The van der Waals surface area contributed by atoms with Crippen molar-refractivity contribution >= 4 is 32.5 Å². The number of carbonyl (C=O) groups is 1. The second kappa shape index (κ2) is 8.80. The number of fused-ring (bicyclic) bond motifs is 1. The number of hydrogen-bond donors (Lipinski definition) is 1. The minimum absolute atomic E-state index is 0.0904. The number of para-hydroxylation sites is 2. The molecule has 0 aliphatic carbocycles. The van der Waals surface area contributed by atoms with E-state index in [1.54, 1.807) is 65.2 Å². The minimum atomic E-state index is -3.33. The van der Waals surface area contributed by atoms with Crippen LogP contribution in [0.4, 0.5) is 10.1 Å². The number of ether oxygens (including phenoxy) is 1. The van der Waals surface area contributed by atoms with E-state index in [2.05, 4.69) is 10.3 Å². The summed E-state index contributed by atoms with van der Waals surface area (Å²) in [7, 11) is -3.33. The number of nitrogens with zero attached hydrogens (tertiary/aromatic N) is 2. The number of aromatic nitrogens is 2. The van der Waals surface area contributed by atoms with Crippen molar-refractivity contribution < 1.29 is 22.3 Å². The van der Waals surface area contributed by atoms with E-state index in [0.29, 0.717) is 34.0 Å². The summed E-state index contributed by atoms with van der Waals surface area (Å²) in [5.41, 5.74) is 1.84. The summed E-state index contributed by atoms with van der Waals surface area (Å²) >= 11 is 0. The van der Waals surface area contributed by atoms with Crippen LogP contribution >= 0.6 is 0 Å². The molecule has 0 aliphatic heterocycles. The lowest BCUT2D eigenvalue weighted by atomic mass is 10.3. The van der Waals surface area contributed by atoms with Crippen LogP contribution in [0.2, 0.25) is 0 Å². The summed E-state index contributed by atoms with van der Waals surface area (Å²) in [6.07, 6.45) is 1.13. The molecular weight excluding hydrogens is 433 g/mol. The van der Waals surface area contributed by atoms with E-state index in [1.165, 1.54) is 12.1 Å². The monoisotopic (exact) mass is 453 g/mol. The van der Waals surface area contributed by atoms with E-state index in [-0.39, 0.29) is 18.2 Å². The molecule has 7 nitrogen and oxygen atoms in total. The Morgan fingerprint density at radius 2 is 1.78 bits per heavy atom. The summed E-state index contributed by atoms with van der Waals surface area (Å²) in [6.45, 7) is -0.0904. The number of carbonyl (C=O) groups excluding carboxylic acids is 1. The molecule has 0 unspecified atom stereocenters. The van der Waals surface area contributed by atoms with Crippen molar-refractivity contribution in [1.29, 1.82) is 0 Å². The molecule has 1 N–H and O–H groups in total. The number of anilines is 1. The lowest BCUT2D eigenvalue weighted by Gasteiger charge is -2.11. The van der Waals surface area contributed by atoms with E-state index < -0.39 is 15.7 Å². The van der Waals surface area contributed by atoms with Gasteiger partial charge in [0.2, 0.25) is 5.91 Å². The molecule has 3 aromatic carbocycles. The molecule has 0 bridgehead atoms. The molecule has 32 heavy (non-hydrogen) atoms. The molecule has 0 radical (unpaired) electrons. The quantitative estimate of drug-likeness (QED) is 0.454. The first-order valence-electron chi connectivity index (χ1n) is 9.72. The fourth-order valence-corrected chi connectivity index (χ4v) is 3.95. The van der Waals surface area contributed by atoms with Gasteiger partial charge in [-0.1, -0.05) is 18.2 Å². The lowest BCUT2D eigenvalue weighted by Crippen LogP contribution is -2.21. The average molecular weight is 453 g/mol. The highest BCUT2D eigenvalue weighted by atomic mass is 32.2. The van der Waals surface area contributed by atoms with Gasteiger partial charge in [0.1, 0.15) is 35.4 Å². The summed E-state index contributed by atoms with van der Waals surface area (Å²) < 4.78 is 44.1. The fraction of sp³-hybridized carbons (Fsp3) is 0.130. The van der Waals surface area contributed by atoms with Crippen molar-refractivity contribution in [2.45, 2.75) is 12.3 Å². The molecule has 0 spiro atoms. The van der Waals surface area contributed by atoms with Crippen LogP contribution < -0.4 is 10.1 Å². The smallest absolute Gasteiger partial charge is 0.244 e. The maximum absolute atomic E-state index is 13.3. The zero-order valence-electron chi connectivity index (χ0n) is 17.2. The maximum Gasteiger partial charge on any atom is 0.244 e. The average Bonchev–Trinajstić information content (AvgIpc) is 3.05. The summed E-state index contributed by atoms with van der Waals surface area (Å²) in [6, 6.07) is 19.6. The first-order chi connectivity index (χ1) is 15.3. The highest BCUT2D eigenvalue weighted by molar-refractivity contribution is 7.89. The second-order valence-corrected chi connectivity index (χ2v) is 9.45. The third kappa shape index (κ3) is 5.30. The molecule has 164 valence electrons. The Hall–Kier alpha value is -3.72. The van der Waals surface area contributed by atoms with Gasteiger partial charge in [0.15, 0.2) is 9.84 Å². The van der Waals surface area contributed by atoms with Crippen molar-refractivity contribution in [2.75, 3.05) is 11.6 Å². The van der Waals surface area contributed by atoms with Gasteiger partial charge in [-0.3, -0.25) is 4.79 Å². The second-order valence-electron chi connectivity index (χ2n) is 7.30.